The zero-order valence-electron chi connectivity index (χ0n) is 9.29. The van der Waals surface area contributed by atoms with Gasteiger partial charge in [0.1, 0.15) is 5.54 Å². The molecule has 0 aromatic heterocycles. The van der Waals surface area contributed by atoms with Crippen LogP contribution < -0.4 is 10.6 Å². The molecule has 0 saturated carbocycles. The molecule has 1 aliphatic rings. The van der Waals surface area contributed by atoms with Crippen molar-refractivity contribution in [2.24, 2.45) is 4.99 Å². The smallest absolute Gasteiger partial charge is 0.254 e. The topological polar surface area (TPSA) is 72.0 Å². The number of guanidine groups is 1. The van der Waals surface area contributed by atoms with Crippen LogP contribution in [0.2, 0.25) is 0 Å². The van der Waals surface area contributed by atoms with E-state index in [4.69, 9.17) is 9.47 Å². The summed E-state index contributed by atoms with van der Waals surface area (Å²) in [6.07, 6.45) is 0. The lowest BCUT2D eigenvalue weighted by Crippen LogP contribution is -2.47. The van der Waals surface area contributed by atoms with Gasteiger partial charge in [-0.15, -0.1) is 0 Å². The number of methoxy groups -OCH3 is 2. The van der Waals surface area contributed by atoms with Gasteiger partial charge in [-0.3, -0.25) is 15.1 Å². The molecule has 1 unspecified atom stereocenters. The Morgan fingerprint density at radius 2 is 2.13 bits per heavy atom. The number of hydrogen-bond donors (Lipinski definition) is 2. The highest BCUT2D eigenvalue weighted by Crippen LogP contribution is 2.09. The number of rotatable bonds is 5. The van der Waals surface area contributed by atoms with Crippen molar-refractivity contribution >= 4 is 11.9 Å². The number of nitrogens with zero attached hydrogens (tertiary/aromatic N) is 1. The van der Waals surface area contributed by atoms with Crippen LogP contribution in [0.3, 0.4) is 0 Å². The zero-order chi connectivity index (χ0) is 11.3. The van der Waals surface area contributed by atoms with Crippen molar-refractivity contribution in [2.45, 2.75) is 12.5 Å². The summed E-state index contributed by atoms with van der Waals surface area (Å²) in [5.74, 6) is 0.358. The fourth-order valence-electron chi connectivity index (χ4n) is 1.31. The number of amides is 1. The molecule has 1 amide bonds. The Hall–Kier alpha value is -1.14. The number of nitrogens with one attached hydrogen (secondary N) is 2. The maximum Gasteiger partial charge on any atom is 0.254 e. The first-order valence-electron chi connectivity index (χ1n) is 4.74. The highest BCUT2D eigenvalue weighted by molar-refractivity contribution is 6.08. The SMILES string of the molecule is COCCN=C1NC(=O)C(C)(COC)N1. The molecule has 1 aliphatic heterocycles. The third-order valence-corrected chi connectivity index (χ3v) is 2.13. The van der Waals surface area contributed by atoms with Crippen LogP contribution in [0.15, 0.2) is 4.99 Å². The van der Waals surface area contributed by atoms with E-state index < -0.39 is 5.54 Å². The first kappa shape index (κ1) is 11.9. The highest BCUT2D eigenvalue weighted by atomic mass is 16.5. The van der Waals surface area contributed by atoms with Crippen LogP contribution >= 0.6 is 0 Å². The Kier molecular flexibility index (Phi) is 4.05. The number of carbonyl (C=O) groups excluding carboxylic acids is 1. The van der Waals surface area contributed by atoms with Gasteiger partial charge in [-0.25, -0.2) is 0 Å². The average molecular weight is 215 g/mol. The Morgan fingerprint density at radius 1 is 1.40 bits per heavy atom. The standard InChI is InChI=1S/C9H17N3O3/c1-9(6-15-3)7(13)11-8(12-9)10-4-5-14-2/h4-6H2,1-3H3,(H2,10,11,12,13). The first-order valence-corrected chi connectivity index (χ1v) is 4.74. The lowest BCUT2D eigenvalue weighted by molar-refractivity contribution is -0.125. The molecule has 1 fully saturated rings. The molecule has 0 spiro atoms. The molecule has 1 rings (SSSR count). The van der Waals surface area contributed by atoms with Crippen molar-refractivity contribution in [3.63, 3.8) is 0 Å². The largest absolute Gasteiger partial charge is 0.383 e. The van der Waals surface area contributed by atoms with Crippen LogP contribution in [0.4, 0.5) is 0 Å². The molecule has 1 saturated heterocycles. The second-order valence-corrected chi connectivity index (χ2v) is 3.57. The van der Waals surface area contributed by atoms with Crippen LogP contribution in [0.25, 0.3) is 0 Å². The van der Waals surface area contributed by atoms with Crippen LogP contribution in [-0.2, 0) is 14.3 Å². The fourth-order valence-corrected chi connectivity index (χ4v) is 1.31. The lowest BCUT2D eigenvalue weighted by Gasteiger charge is -2.19. The number of carbonyl (C=O) groups is 1. The minimum absolute atomic E-state index is 0.125. The molecular formula is C9H17N3O3. The molecule has 0 aromatic rings. The number of ether oxygens (including phenoxy) is 2. The second kappa shape index (κ2) is 5.09. The average Bonchev–Trinajstić information content (AvgIpc) is 2.44. The van der Waals surface area contributed by atoms with E-state index >= 15 is 0 Å². The maximum absolute atomic E-state index is 11.6. The molecule has 0 aliphatic carbocycles. The minimum Gasteiger partial charge on any atom is -0.383 e. The summed E-state index contributed by atoms with van der Waals surface area (Å²) in [6.45, 7) is 3.12. The van der Waals surface area contributed by atoms with Gasteiger partial charge in [0.15, 0.2) is 5.96 Å². The lowest BCUT2D eigenvalue weighted by atomic mass is 10.1. The minimum atomic E-state index is -0.722. The van der Waals surface area contributed by atoms with Crippen molar-refractivity contribution in [2.75, 3.05) is 34.0 Å². The van der Waals surface area contributed by atoms with E-state index in [9.17, 15) is 4.79 Å². The summed E-state index contributed by atoms with van der Waals surface area (Å²) in [7, 11) is 3.16. The molecule has 6 nitrogen and oxygen atoms in total. The van der Waals surface area contributed by atoms with Gasteiger partial charge in [0.05, 0.1) is 19.8 Å². The molecule has 0 bridgehead atoms. The summed E-state index contributed by atoms with van der Waals surface area (Å²) in [5.41, 5.74) is -0.722. The summed E-state index contributed by atoms with van der Waals surface area (Å²) in [5, 5.41) is 5.64. The Bertz CT molecular complexity index is 267. The number of hydrogen-bond acceptors (Lipinski definition) is 4. The second-order valence-electron chi connectivity index (χ2n) is 3.57. The van der Waals surface area contributed by atoms with E-state index in [-0.39, 0.29) is 5.91 Å². The van der Waals surface area contributed by atoms with E-state index in [1.807, 2.05) is 0 Å². The molecule has 2 N–H and O–H groups in total. The van der Waals surface area contributed by atoms with Gasteiger partial charge in [0.25, 0.3) is 5.91 Å². The number of aliphatic imine (C=N–C) groups is 1. The van der Waals surface area contributed by atoms with E-state index in [0.717, 1.165) is 0 Å². The Morgan fingerprint density at radius 3 is 2.73 bits per heavy atom. The van der Waals surface area contributed by atoms with E-state index in [1.165, 1.54) is 0 Å². The van der Waals surface area contributed by atoms with Gasteiger partial charge >= 0.3 is 0 Å². The normalized spacial score (nSPS) is 27.9. The molecule has 0 aromatic carbocycles. The van der Waals surface area contributed by atoms with E-state index in [2.05, 4.69) is 15.6 Å². The van der Waals surface area contributed by atoms with E-state index in [1.54, 1.807) is 21.1 Å². The zero-order valence-corrected chi connectivity index (χ0v) is 9.29. The first-order chi connectivity index (χ1) is 7.12. The van der Waals surface area contributed by atoms with Crippen molar-refractivity contribution in [3.8, 4) is 0 Å². The van der Waals surface area contributed by atoms with Crippen LogP contribution in [-0.4, -0.2) is 51.4 Å². The van der Waals surface area contributed by atoms with Crippen molar-refractivity contribution < 1.29 is 14.3 Å². The molecule has 1 atom stereocenters. The molecule has 1 heterocycles. The molecule has 6 heteroatoms. The van der Waals surface area contributed by atoms with E-state index in [0.29, 0.717) is 25.7 Å². The van der Waals surface area contributed by atoms with Gasteiger partial charge < -0.3 is 14.8 Å². The highest BCUT2D eigenvalue weighted by Gasteiger charge is 2.40. The predicted molar refractivity (Wildman–Crippen MR) is 55.7 cm³/mol. The molecule has 15 heavy (non-hydrogen) atoms. The molecule has 86 valence electrons. The summed E-state index contributed by atoms with van der Waals surface area (Å²) in [4.78, 5) is 15.7. The Labute approximate surface area is 89.0 Å². The quantitative estimate of drug-likeness (QED) is 0.584. The summed E-state index contributed by atoms with van der Waals surface area (Å²) in [6, 6.07) is 0. The van der Waals surface area contributed by atoms with Gasteiger partial charge in [0.2, 0.25) is 0 Å². The van der Waals surface area contributed by atoms with Crippen LogP contribution in [0, 0.1) is 0 Å². The van der Waals surface area contributed by atoms with Crippen molar-refractivity contribution in [1.29, 1.82) is 0 Å². The monoisotopic (exact) mass is 215 g/mol. The third kappa shape index (κ3) is 2.90. The molecular weight excluding hydrogens is 198 g/mol. The van der Waals surface area contributed by atoms with Crippen LogP contribution in [0.1, 0.15) is 6.92 Å². The van der Waals surface area contributed by atoms with Gasteiger partial charge in [-0.2, -0.15) is 0 Å². The molecule has 0 radical (unpaired) electrons. The predicted octanol–water partition coefficient (Wildman–Crippen LogP) is -0.887. The fraction of sp³-hybridized carbons (Fsp3) is 0.778. The van der Waals surface area contributed by atoms with Gasteiger partial charge in [-0.05, 0) is 6.92 Å². The summed E-state index contributed by atoms with van der Waals surface area (Å²) >= 11 is 0. The van der Waals surface area contributed by atoms with Crippen LogP contribution in [0.5, 0.6) is 0 Å². The summed E-state index contributed by atoms with van der Waals surface area (Å²) < 4.78 is 9.83. The van der Waals surface area contributed by atoms with Gasteiger partial charge in [-0.1, -0.05) is 0 Å². The van der Waals surface area contributed by atoms with Crippen molar-refractivity contribution in [1.82, 2.24) is 10.6 Å². The Balaban J connectivity index is 2.54. The van der Waals surface area contributed by atoms with Gasteiger partial charge in [0, 0.05) is 14.2 Å². The third-order valence-electron chi connectivity index (χ3n) is 2.13. The van der Waals surface area contributed by atoms with Crippen molar-refractivity contribution in [3.05, 3.63) is 0 Å². The maximum atomic E-state index is 11.6.